The number of carbonyl (C=O) groups is 1. The summed E-state index contributed by atoms with van der Waals surface area (Å²) in [5, 5.41) is 6.13. The molecular formula is C20H19ClN2O3S. The maximum absolute atomic E-state index is 12.3. The number of rotatable bonds is 7. The highest BCUT2D eigenvalue weighted by molar-refractivity contribution is 7.13. The lowest BCUT2D eigenvalue weighted by Gasteiger charge is -2.15. The molecule has 0 spiro atoms. The first-order chi connectivity index (χ1) is 13.1. The quantitative estimate of drug-likeness (QED) is 0.629. The SMILES string of the molecule is COc1ccc(-c2nc(CNC(=O)[C@@H](C)Oc3ccccc3Cl)cs2)cc1. The highest BCUT2D eigenvalue weighted by Crippen LogP contribution is 2.26. The molecule has 0 aliphatic rings. The first-order valence-electron chi connectivity index (χ1n) is 8.34. The lowest BCUT2D eigenvalue weighted by molar-refractivity contribution is -0.127. The summed E-state index contributed by atoms with van der Waals surface area (Å²) < 4.78 is 10.8. The van der Waals surface area contributed by atoms with Gasteiger partial charge >= 0.3 is 0 Å². The number of carbonyl (C=O) groups excluding carboxylic acids is 1. The van der Waals surface area contributed by atoms with Crippen molar-refractivity contribution >= 4 is 28.8 Å². The molecule has 7 heteroatoms. The Bertz CT molecular complexity index is 912. The van der Waals surface area contributed by atoms with E-state index in [1.54, 1.807) is 26.2 Å². The first kappa shape index (κ1) is 19.2. The van der Waals surface area contributed by atoms with Gasteiger partial charge < -0.3 is 14.8 Å². The van der Waals surface area contributed by atoms with Gasteiger partial charge in [0.1, 0.15) is 16.5 Å². The van der Waals surface area contributed by atoms with Gasteiger partial charge in [0.05, 0.1) is 24.4 Å². The lowest BCUT2D eigenvalue weighted by Crippen LogP contribution is -2.36. The van der Waals surface area contributed by atoms with Crippen LogP contribution in [0.1, 0.15) is 12.6 Å². The Morgan fingerprint density at radius 1 is 1.22 bits per heavy atom. The zero-order valence-corrected chi connectivity index (χ0v) is 16.5. The van der Waals surface area contributed by atoms with Crippen LogP contribution < -0.4 is 14.8 Å². The van der Waals surface area contributed by atoms with E-state index in [9.17, 15) is 4.79 Å². The molecule has 0 saturated carbocycles. The molecule has 1 amide bonds. The van der Waals surface area contributed by atoms with Crippen molar-refractivity contribution in [2.45, 2.75) is 19.6 Å². The van der Waals surface area contributed by atoms with Gasteiger partial charge in [0, 0.05) is 10.9 Å². The third-order valence-corrected chi connectivity index (χ3v) is 5.09. The summed E-state index contributed by atoms with van der Waals surface area (Å²) in [4.78, 5) is 16.8. The van der Waals surface area contributed by atoms with Gasteiger partial charge in [-0.25, -0.2) is 4.98 Å². The zero-order valence-electron chi connectivity index (χ0n) is 14.9. The molecule has 0 bridgehead atoms. The van der Waals surface area contributed by atoms with Gasteiger partial charge in [0.15, 0.2) is 6.10 Å². The fourth-order valence-corrected chi connectivity index (χ4v) is 3.37. The van der Waals surface area contributed by atoms with E-state index in [2.05, 4.69) is 10.3 Å². The topological polar surface area (TPSA) is 60.5 Å². The van der Waals surface area contributed by atoms with Crippen molar-refractivity contribution in [2.24, 2.45) is 0 Å². The molecule has 0 fully saturated rings. The van der Waals surface area contributed by atoms with Crippen molar-refractivity contribution in [3.63, 3.8) is 0 Å². The van der Waals surface area contributed by atoms with Crippen molar-refractivity contribution in [3.05, 3.63) is 64.6 Å². The summed E-state index contributed by atoms with van der Waals surface area (Å²) >= 11 is 7.58. The summed E-state index contributed by atoms with van der Waals surface area (Å²) in [6.45, 7) is 2.02. The van der Waals surface area contributed by atoms with Crippen LogP contribution in [0.3, 0.4) is 0 Å². The van der Waals surface area contributed by atoms with Crippen LogP contribution in [0, 0.1) is 0 Å². The summed E-state index contributed by atoms with van der Waals surface area (Å²) in [5.41, 5.74) is 1.80. The molecule has 1 aromatic heterocycles. The Morgan fingerprint density at radius 3 is 2.67 bits per heavy atom. The highest BCUT2D eigenvalue weighted by Gasteiger charge is 2.16. The van der Waals surface area contributed by atoms with Crippen molar-refractivity contribution in [1.82, 2.24) is 10.3 Å². The third-order valence-electron chi connectivity index (χ3n) is 3.84. The van der Waals surface area contributed by atoms with Gasteiger partial charge in [-0.05, 0) is 43.3 Å². The number of amides is 1. The van der Waals surface area contributed by atoms with Gasteiger partial charge in [0.2, 0.25) is 0 Å². The monoisotopic (exact) mass is 402 g/mol. The van der Waals surface area contributed by atoms with Crippen LogP contribution in [-0.2, 0) is 11.3 Å². The predicted molar refractivity (Wildman–Crippen MR) is 107 cm³/mol. The van der Waals surface area contributed by atoms with E-state index in [1.807, 2.05) is 41.8 Å². The van der Waals surface area contributed by atoms with E-state index in [-0.39, 0.29) is 5.91 Å². The Kier molecular flexibility index (Phi) is 6.32. The molecule has 0 aliphatic carbocycles. The number of ether oxygens (including phenoxy) is 2. The summed E-state index contributed by atoms with van der Waals surface area (Å²) in [6, 6.07) is 14.8. The second kappa shape index (κ2) is 8.88. The molecule has 3 aromatic rings. The van der Waals surface area contributed by atoms with Crippen LogP contribution in [0.4, 0.5) is 0 Å². The Morgan fingerprint density at radius 2 is 1.96 bits per heavy atom. The number of hydrogen-bond acceptors (Lipinski definition) is 5. The largest absolute Gasteiger partial charge is 0.497 e. The minimum Gasteiger partial charge on any atom is -0.497 e. The van der Waals surface area contributed by atoms with Crippen LogP contribution >= 0.6 is 22.9 Å². The van der Waals surface area contributed by atoms with Crippen molar-refractivity contribution in [1.29, 1.82) is 0 Å². The Hall–Kier alpha value is -2.57. The fourth-order valence-electron chi connectivity index (χ4n) is 2.36. The van der Waals surface area contributed by atoms with Crippen LogP contribution in [0.5, 0.6) is 11.5 Å². The number of halogens is 1. The number of benzene rings is 2. The highest BCUT2D eigenvalue weighted by atomic mass is 35.5. The average Bonchev–Trinajstić information content (AvgIpc) is 3.17. The number of thiazole rings is 1. The summed E-state index contributed by atoms with van der Waals surface area (Å²) in [5.74, 6) is 1.06. The van der Waals surface area contributed by atoms with E-state index in [0.29, 0.717) is 17.3 Å². The van der Waals surface area contributed by atoms with Gasteiger partial charge in [-0.1, -0.05) is 23.7 Å². The molecule has 2 aromatic carbocycles. The Balaban J connectivity index is 1.56. The molecule has 1 N–H and O–H groups in total. The first-order valence-corrected chi connectivity index (χ1v) is 9.60. The normalized spacial score (nSPS) is 11.7. The number of para-hydroxylation sites is 1. The molecule has 140 valence electrons. The van der Waals surface area contributed by atoms with Gasteiger partial charge in [-0.2, -0.15) is 0 Å². The predicted octanol–water partition coefficient (Wildman–Crippen LogP) is 4.56. The van der Waals surface area contributed by atoms with E-state index in [0.717, 1.165) is 22.0 Å². The maximum atomic E-state index is 12.3. The van der Waals surface area contributed by atoms with Crippen molar-refractivity contribution in [3.8, 4) is 22.1 Å². The second-order valence-corrected chi connectivity index (χ2v) is 7.05. The Labute approximate surface area is 166 Å². The van der Waals surface area contributed by atoms with E-state index >= 15 is 0 Å². The molecule has 0 aliphatic heterocycles. The van der Waals surface area contributed by atoms with Crippen LogP contribution in [0.2, 0.25) is 5.02 Å². The standard InChI is InChI=1S/C20H19ClN2O3S/c1-13(26-18-6-4-3-5-17(18)21)19(24)22-11-15-12-27-20(23-15)14-7-9-16(25-2)10-8-14/h3-10,12-13H,11H2,1-2H3,(H,22,24)/t13-/m1/s1. The van der Waals surface area contributed by atoms with Gasteiger partial charge in [-0.3, -0.25) is 4.79 Å². The average molecular weight is 403 g/mol. The van der Waals surface area contributed by atoms with Crippen molar-refractivity contribution < 1.29 is 14.3 Å². The molecule has 0 unspecified atom stereocenters. The second-order valence-electron chi connectivity index (χ2n) is 5.78. The van der Waals surface area contributed by atoms with Crippen LogP contribution in [0.15, 0.2) is 53.9 Å². The van der Waals surface area contributed by atoms with Gasteiger partial charge in [-0.15, -0.1) is 11.3 Å². The molecule has 1 heterocycles. The smallest absolute Gasteiger partial charge is 0.261 e. The fraction of sp³-hybridized carbons (Fsp3) is 0.200. The molecule has 5 nitrogen and oxygen atoms in total. The molecule has 0 radical (unpaired) electrons. The number of hydrogen-bond donors (Lipinski definition) is 1. The number of aromatic nitrogens is 1. The third kappa shape index (κ3) is 4.99. The van der Waals surface area contributed by atoms with Crippen molar-refractivity contribution in [2.75, 3.05) is 7.11 Å². The van der Waals surface area contributed by atoms with Crippen LogP contribution in [-0.4, -0.2) is 24.1 Å². The number of nitrogens with one attached hydrogen (secondary N) is 1. The summed E-state index contributed by atoms with van der Waals surface area (Å²) in [6.07, 6.45) is -0.662. The number of nitrogens with zero attached hydrogens (tertiary/aromatic N) is 1. The molecular weight excluding hydrogens is 384 g/mol. The number of methoxy groups -OCH3 is 1. The minimum atomic E-state index is -0.662. The molecule has 27 heavy (non-hydrogen) atoms. The zero-order chi connectivity index (χ0) is 19.2. The van der Waals surface area contributed by atoms with Gasteiger partial charge in [0.25, 0.3) is 5.91 Å². The maximum Gasteiger partial charge on any atom is 0.261 e. The lowest BCUT2D eigenvalue weighted by atomic mass is 10.2. The minimum absolute atomic E-state index is 0.228. The van der Waals surface area contributed by atoms with E-state index in [1.165, 1.54) is 11.3 Å². The van der Waals surface area contributed by atoms with E-state index in [4.69, 9.17) is 21.1 Å². The molecule has 1 atom stereocenters. The van der Waals surface area contributed by atoms with Crippen LogP contribution in [0.25, 0.3) is 10.6 Å². The molecule has 3 rings (SSSR count). The van der Waals surface area contributed by atoms with E-state index < -0.39 is 6.10 Å². The summed E-state index contributed by atoms with van der Waals surface area (Å²) in [7, 11) is 1.63. The molecule has 0 saturated heterocycles.